The fourth-order valence-corrected chi connectivity index (χ4v) is 3.24. The van der Waals surface area contributed by atoms with Gasteiger partial charge in [0.25, 0.3) is 0 Å². The number of aliphatic hydroxyl groups excluding tert-OH is 5. The van der Waals surface area contributed by atoms with Crippen molar-refractivity contribution >= 4 is 0 Å². The lowest BCUT2D eigenvalue weighted by Crippen LogP contribution is -2.59. The Bertz CT molecular complexity index is 397. The lowest BCUT2D eigenvalue weighted by atomic mass is 9.99. The molecule has 0 aliphatic carbocycles. The average molecular weight is 439 g/mol. The Balaban J connectivity index is 1.97. The third-order valence-corrected chi connectivity index (χ3v) is 5.13. The van der Waals surface area contributed by atoms with E-state index >= 15 is 0 Å². The van der Waals surface area contributed by atoms with Gasteiger partial charge in [-0.05, 0) is 6.42 Å². The summed E-state index contributed by atoms with van der Waals surface area (Å²) in [4.78, 5) is 0. The highest BCUT2D eigenvalue weighted by atomic mass is 16.7. The minimum atomic E-state index is -1.51. The first-order chi connectivity index (χ1) is 14.5. The molecule has 5 N–H and O–H groups in total. The van der Waals surface area contributed by atoms with E-state index in [-0.39, 0.29) is 13.2 Å². The largest absolute Gasteiger partial charge is 0.394 e. The van der Waals surface area contributed by atoms with Gasteiger partial charge in [-0.15, -0.1) is 0 Å². The molecule has 0 bridgehead atoms. The van der Waals surface area contributed by atoms with E-state index < -0.39 is 43.4 Å². The van der Waals surface area contributed by atoms with Gasteiger partial charge in [0, 0.05) is 6.61 Å². The first-order valence-electron chi connectivity index (χ1n) is 11.3. The molecule has 180 valence electrons. The second kappa shape index (κ2) is 17.2. The lowest BCUT2D eigenvalue weighted by Gasteiger charge is -2.39. The van der Waals surface area contributed by atoms with Gasteiger partial charge in [-0.3, -0.25) is 0 Å². The SMILES string of the molecule is CCCCCCCCCCOCCOCC(O)CO[C@@H]1O[C@H](CO)[C@H](O)[C@H](O)[C@H]1O. The van der Waals surface area contributed by atoms with E-state index in [9.17, 15) is 20.4 Å². The molecule has 1 fully saturated rings. The van der Waals surface area contributed by atoms with Crippen molar-refractivity contribution in [1.82, 2.24) is 0 Å². The fraction of sp³-hybridized carbons (Fsp3) is 1.00. The van der Waals surface area contributed by atoms with Crippen LogP contribution in [-0.4, -0.2) is 102 Å². The molecular formula is C21H42O9. The van der Waals surface area contributed by atoms with Crippen LogP contribution >= 0.6 is 0 Å². The van der Waals surface area contributed by atoms with Crippen molar-refractivity contribution in [2.45, 2.75) is 95.1 Å². The second-order valence-corrected chi connectivity index (χ2v) is 7.85. The normalized spacial score (nSPS) is 28.0. The maximum atomic E-state index is 9.89. The van der Waals surface area contributed by atoms with Crippen molar-refractivity contribution in [2.75, 3.05) is 39.6 Å². The Kier molecular flexibility index (Phi) is 15.9. The molecule has 0 radical (unpaired) electrons. The number of ether oxygens (including phenoxy) is 4. The monoisotopic (exact) mass is 438 g/mol. The molecule has 1 aliphatic rings. The van der Waals surface area contributed by atoms with Crippen molar-refractivity contribution in [3.05, 3.63) is 0 Å². The Morgan fingerprint density at radius 2 is 1.40 bits per heavy atom. The summed E-state index contributed by atoms with van der Waals surface area (Å²) in [6, 6.07) is 0. The van der Waals surface area contributed by atoms with Crippen LogP contribution in [0, 0.1) is 0 Å². The van der Waals surface area contributed by atoms with E-state index in [0.29, 0.717) is 19.8 Å². The number of aliphatic hydroxyl groups is 5. The van der Waals surface area contributed by atoms with Gasteiger partial charge in [-0.1, -0.05) is 51.9 Å². The summed E-state index contributed by atoms with van der Waals surface area (Å²) >= 11 is 0. The predicted molar refractivity (Wildman–Crippen MR) is 110 cm³/mol. The van der Waals surface area contributed by atoms with Crippen LogP contribution in [0.25, 0.3) is 0 Å². The molecule has 1 rings (SSSR count). The third-order valence-electron chi connectivity index (χ3n) is 5.13. The first-order valence-corrected chi connectivity index (χ1v) is 11.3. The molecule has 30 heavy (non-hydrogen) atoms. The molecule has 0 spiro atoms. The molecule has 9 heteroatoms. The van der Waals surface area contributed by atoms with E-state index in [1.54, 1.807) is 0 Å². The molecule has 0 aromatic rings. The molecule has 0 saturated carbocycles. The van der Waals surface area contributed by atoms with Gasteiger partial charge in [0.1, 0.15) is 30.5 Å². The van der Waals surface area contributed by atoms with Crippen LogP contribution in [0.15, 0.2) is 0 Å². The maximum Gasteiger partial charge on any atom is 0.186 e. The Morgan fingerprint density at radius 1 is 0.767 bits per heavy atom. The number of hydrogen-bond acceptors (Lipinski definition) is 9. The molecule has 1 unspecified atom stereocenters. The topological polar surface area (TPSA) is 138 Å². The maximum absolute atomic E-state index is 9.89. The molecule has 0 amide bonds. The predicted octanol–water partition coefficient (Wildman–Crippen LogP) is 0.338. The van der Waals surface area contributed by atoms with E-state index in [0.717, 1.165) is 6.42 Å². The van der Waals surface area contributed by atoms with Crippen LogP contribution in [0.3, 0.4) is 0 Å². The highest BCUT2D eigenvalue weighted by Crippen LogP contribution is 2.22. The molecule has 0 aromatic heterocycles. The van der Waals surface area contributed by atoms with E-state index in [1.807, 2.05) is 0 Å². The van der Waals surface area contributed by atoms with Gasteiger partial charge in [0.2, 0.25) is 0 Å². The Hall–Kier alpha value is -0.360. The molecule has 1 saturated heterocycles. The van der Waals surface area contributed by atoms with Gasteiger partial charge < -0.3 is 44.5 Å². The van der Waals surface area contributed by atoms with Gasteiger partial charge in [0.15, 0.2) is 6.29 Å². The molecule has 9 nitrogen and oxygen atoms in total. The molecule has 1 aliphatic heterocycles. The van der Waals surface area contributed by atoms with Crippen molar-refractivity contribution in [3.63, 3.8) is 0 Å². The minimum Gasteiger partial charge on any atom is -0.394 e. The van der Waals surface area contributed by atoms with E-state index in [4.69, 9.17) is 24.1 Å². The van der Waals surface area contributed by atoms with E-state index in [2.05, 4.69) is 6.92 Å². The summed E-state index contributed by atoms with van der Waals surface area (Å²) in [6.45, 7) is 3.04. The zero-order chi connectivity index (χ0) is 22.2. The van der Waals surface area contributed by atoms with Crippen molar-refractivity contribution in [2.24, 2.45) is 0 Å². The summed E-state index contributed by atoms with van der Waals surface area (Å²) < 4.78 is 21.3. The fourth-order valence-electron chi connectivity index (χ4n) is 3.24. The van der Waals surface area contributed by atoms with Crippen LogP contribution in [0.1, 0.15) is 58.3 Å². The minimum absolute atomic E-state index is 0.0263. The Morgan fingerprint density at radius 3 is 2.07 bits per heavy atom. The van der Waals surface area contributed by atoms with Gasteiger partial charge in [-0.25, -0.2) is 0 Å². The van der Waals surface area contributed by atoms with Crippen LogP contribution in [-0.2, 0) is 18.9 Å². The lowest BCUT2D eigenvalue weighted by molar-refractivity contribution is -0.305. The van der Waals surface area contributed by atoms with Crippen LogP contribution in [0.2, 0.25) is 0 Å². The smallest absolute Gasteiger partial charge is 0.186 e. The zero-order valence-corrected chi connectivity index (χ0v) is 18.2. The number of hydrogen-bond donors (Lipinski definition) is 5. The first kappa shape index (κ1) is 27.7. The van der Waals surface area contributed by atoms with Crippen LogP contribution < -0.4 is 0 Å². The number of rotatable bonds is 18. The summed E-state index contributed by atoms with van der Waals surface area (Å²) in [5.41, 5.74) is 0. The van der Waals surface area contributed by atoms with Crippen molar-refractivity contribution in [1.29, 1.82) is 0 Å². The van der Waals surface area contributed by atoms with Crippen LogP contribution in [0.4, 0.5) is 0 Å². The van der Waals surface area contributed by atoms with Gasteiger partial charge in [-0.2, -0.15) is 0 Å². The Labute approximate surface area is 179 Å². The van der Waals surface area contributed by atoms with E-state index in [1.165, 1.54) is 44.9 Å². The summed E-state index contributed by atoms with van der Waals surface area (Å²) in [6.07, 6.45) is 2.36. The highest BCUT2D eigenvalue weighted by molar-refractivity contribution is 4.88. The summed E-state index contributed by atoms with van der Waals surface area (Å²) in [7, 11) is 0. The average Bonchev–Trinajstić information content (AvgIpc) is 2.75. The molecule has 6 atom stereocenters. The zero-order valence-electron chi connectivity index (χ0n) is 18.2. The standard InChI is InChI=1S/C21H42O9/c1-2-3-4-5-6-7-8-9-10-27-11-12-28-14-16(23)15-29-21-20(26)19(25)18(24)17(13-22)30-21/h16-26H,2-15H2,1H3/t16?,17-,18+,19+,20-,21-/m1/s1. The highest BCUT2D eigenvalue weighted by Gasteiger charge is 2.44. The second-order valence-electron chi connectivity index (χ2n) is 7.85. The van der Waals surface area contributed by atoms with Gasteiger partial charge in [0.05, 0.1) is 33.0 Å². The molecule has 0 aromatic carbocycles. The van der Waals surface area contributed by atoms with Crippen LogP contribution in [0.5, 0.6) is 0 Å². The summed E-state index contributed by atoms with van der Waals surface area (Å²) in [5, 5.41) is 48.3. The van der Waals surface area contributed by atoms with Crippen molar-refractivity contribution in [3.8, 4) is 0 Å². The third kappa shape index (κ3) is 11.3. The quantitative estimate of drug-likeness (QED) is 0.192. The van der Waals surface area contributed by atoms with Gasteiger partial charge >= 0.3 is 0 Å². The van der Waals surface area contributed by atoms with Crippen molar-refractivity contribution < 1.29 is 44.5 Å². The number of unbranched alkanes of at least 4 members (excludes halogenated alkanes) is 7. The summed E-state index contributed by atoms with van der Waals surface area (Å²) in [5.74, 6) is 0. The molecular weight excluding hydrogens is 396 g/mol. The molecule has 1 heterocycles.